The molecule has 0 fully saturated rings. The number of esters is 1. The lowest BCUT2D eigenvalue weighted by molar-refractivity contribution is -0.119. The number of anilines is 2. The van der Waals surface area contributed by atoms with Gasteiger partial charge in [0, 0.05) is 11.3 Å². The fourth-order valence-electron chi connectivity index (χ4n) is 2.15. The van der Waals surface area contributed by atoms with Gasteiger partial charge in [-0.3, -0.25) is 9.59 Å². The standard InChI is InChI=1S/C18H18N2O4/c1-11-6-5-8-14(17(11)19)18(23)24-10-16(22)20-15-9-4-3-7-13(15)12(2)21/h3-9H,10,19H2,1-2H3,(H,20,22). The maximum absolute atomic E-state index is 12.0. The topological polar surface area (TPSA) is 98.5 Å². The lowest BCUT2D eigenvalue weighted by Crippen LogP contribution is -2.22. The van der Waals surface area contributed by atoms with E-state index in [-0.39, 0.29) is 11.3 Å². The molecule has 24 heavy (non-hydrogen) atoms. The van der Waals surface area contributed by atoms with Gasteiger partial charge in [-0.2, -0.15) is 0 Å². The number of nitrogens with one attached hydrogen (secondary N) is 1. The van der Waals surface area contributed by atoms with E-state index < -0.39 is 18.5 Å². The van der Waals surface area contributed by atoms with Gasteiger partial charge in [0.25, 0.3) is 5.91 Å². The third-order valence-corrected chi connectivity index (χ3v) is 3.46. The molecule has 3 N–H and O–H groups in total. The van der Waals surface area contributed by atoms with Crippen molar-refractivity contribution < 1.29 is 19.1 Å². The molecule has 0 aromatic heterocycles. The molecule has 124 valence electrons. The molecule has 0 unspecified atom stereocenters. The molecule has 0 spiro atoms. The summed E-state index contributed by atoms with van der Waals surface area (Å²) in [7, 11) is 0. The Morgan fingerprint density at radius 2 is 1.71 bits per heavy atom. The zero-order valence-electron chi connectivity index (χ0n) is 13.5. The molecule has 2 aromatic carbocycles. The van der Waals surface area contributed by atoms with Crippen molar-refractivity contribution >= 4 is 29.0 Å². The van der Waals surface area contributed by atoms with Gasteiger partial charge in [0.2, 0.25) is 0 Å². The van der Waals surface area contributed by atoms with Crippen LogP contribution in [0.5, 0.6) is 0 Å². The number of ketones is 1. The maximum atomic E-state index is 12.0. The average Bonchev–Trinajstić information content (AvgIpc) is 2.55. The third kappa shape index (κ3) is 3.98. The second-order valence-corrected chi connectivity index (χ2v) is 5.26. The number of nitrogen functional groups attached to an aromatic ring is 1. The Bertz CT molecular complexity index is 799. The average molecular weight is 326 g/mol. The molecule has 2 aromatic rings. The molecule has 0 aliphatic carbocycles. The van der Waals surface area contributed by atoms with E-state index in [1.807, 2.05) is 0 Å². The Kier molecular flexibility index (Phi) is 5.31. The van der Waals surface area contributed by atoms with Crippen molar-refractivity contribution in [2.24, 2.45) is 0 Å². The minimum Gasteiger partial charge on any atom is -0.452 e. The minimum absolute atomic E-state index is 0.171. The van der Waals surface area contributed by atoms with Gasteiger partial charge in [0.15, 0.2) is 12.4 Å². The van der Waals surface area contributed by atoms with Crippen molar-refractivity contribution in [2.75, 3.05) is 17.7 Å². The van der Waals surface area contributed by atoms with E-state index in [0.717, 1.165) is 5.56 Å². The molecule has 6 nitrogen and oxygen atoms in total. The molecule has 1 amide bonds. The molecular weight excluding hydrogens is 308 g/mol. The molecule has 0 heterocycles. The number of carbonyl (C=O) groups excluding carboxylic acids is 3. The number of hydrogen-bond donors (Lipinski definition) is 2. The van der Waals surface area contributed by atoms with Gasteiger partial charge in [-0.25, -0.2) is 4.79 Å². The number of amides is 1. The number of Topliss-reactive ketones (excluding diaryl/α,β-unsaturated/α-hetero) is 1. The molecule has 6 heteroatoms. The highest BCUT2D eigenvalue weighted by Gasteiger charge is 2.15. The van der Waals surface area contributed by atoms with Crippen LogP contribution in [0, 0.1) is 6.92 Å². The van der Waals surface area contributed by atoms with E-state index in [0.29, 0.717) is 16.9 Å². The summed E-state index contributed by atoms with van der Waals surface area (Å²) in [5.74, 6) is -1.38. The summed E-state index contributed by atoms with van der Waals surface area (Å²) in [6.45, 7) is 2.71. The van der Waals surface area contributed by atoms with Crippen molar-refractivity contribution in [3.8, 4) is 0 Å². The number of nitrogens with two attached hydrogens (primary N) is 1. The SMILES string of the molecule is CC(=O)c1ccccc1NC(=O)COC(=O)c1cccc(C)c1N. The van der Waals surface area contributed by atoms with Crippen molar-refractivity contribution in [3.05, 3.63) is 59.2 Å². The first kappa shape index (κ1) is 17.2. The summed E-state index contributed by atoms with van der Waals surface area (Å²) in [5, 5.41) is 2.56. The molecule has 2 rings (SSSR count). The van der Waals surface area contributed by atoms with Gasteiger partial charge in [-0.05, 0) is 37.6 Å². The second-order valence-electron chi connectivity index (χ2n) is 5.26. The molecular formula is C18H18N2O4. The first-order valence-electron chi connectivity index (χ1n) is 7.32. The molecule has 0 saturated carbocycles. The van der Waals surface area contributed by atoms with Gasteiger partial charge >= 0.3 is 5.97 Å². The monoisotopic (exact) mass is 326 g/mol. The first-order valence-corrected chi connectivity index (χ1v) is 7.32. The van der Waals surface area contributed by atoms with E-state index >= 15 is 0 Å². The van der Waals surface area contributed by atoms with Crippen LogP contribution >= 0.6 is 0 Å². The van der Waals surface area contributed by atoms with Crippen LogP contribution in [0.4, 0.5) is 11.4 Å². The van der Waals surface area contributed by atoms with Crippen LogP contribution in [-0.4, -0.2) is 24.3 Å². The fourth-order valence-corrected chi connectivity index (χ4v) is 2.15. The van der Waals surface area contributed by atoms with Crippen LogP contribution in [0.2, 0.25) is 0 Å². The summed E-state index contributed by atoms with van der Waals surface area (Å²) in [4.78, 5) is 35.5. The predicted molar refractivity (Wildman–Crippen MR) is 91.0 cm³/mol. The van der Waals surface area contributed by atoms with Gasteiger partial charge < -0.3 is 15.8 Å². The number of ether oxygens (including phenoxy) is 1. The van der Waals surface area contributed by atoms with Crippen LogP contribution in [0.25, 0.3) is 0 Å². The van der Waals surface area contributed by atoms with Gasteiger partial charge in [0.1, 0.15) is 0 Å². The highest BCUT2D eigenvalue weighted by molar-refractivity contribution is 6.04. The quantitative estimate of drug-likeness (QED) is 0.500. The number of para-hydroxylation sites is 2. The van der Waals surface area contributed by atoms with E-state index in [9.17, 15) is 14.4 Å². The smallest absolute Gasteiger partial charge is 0.340 e. The van der Waals surface area contributed by atoms with Crippen LogP contribution in [0.1, 0.15) is 33.2 Å². The largest absolute Gasteiger partial charge is 0.452 e. The summed E-state index contributed by atoms with van der Waals surface area (Å²) in [6, 6.07) is 11.6. The summed E-state index contributed by atoms with van der Waals surface area (Å²) in [6.07, 6.45) is 0. The highest BCUT2D eigenvalue weighted by Crippen LogP contribution is 2.18. The zero-order chi connectivity index (χ0) is 17.7. The lowest BCUT2D eigenvalue weighted by Gasteiger charge is -2.10. The van der Waals surface area contributed by atoms with Crippen LogP contribution in [-0.2, 0) is 9.53 Å². The van der Waals surface area contributed by atoms with Crippen LogP contribution < -0.4 is 11.1 Å². The molecule has 0 bridgehead atoms. The predicted octanol–water partition coefficient (Wildman–Crippen LogP) is 2.58. The number of aryl methyl sites for hydroxylation is 1. The Labute approximate surface area is 139 Å². The zero-order valence-corrected chi connectivity index (χ0v) is 13.5. The van der Waals surface area contributed by atoms with Crippen molar-refractivity contribution in [3.63, 3.8) is 0 Å². The first-order chi connectivity index (χ1) is 11.4. The summed E-state index contributed by atoms with van der Waals surface area (Å²) in [5.41, 5.74) is 7.89. The Balaban J connectivity index is 2.00. The van der Waals surface area contributed by atoms with E-state index in [1.54, 1.807) is 43.3 Å². The van der Waals surface area contributed by atoms with Crippen LogP contribution in [0.15, 0.2) is 42.5 Å². The Morgan fingerprint density at radius 3 is 2.42 bits per heavy atom. The molecule has 0 radical (unpaired) electrons. The number of hydrogen-bond acceptors (Lipinski definition) is 5. The molecule has 0 aliphatic rings. The normalized spacial score (nSPS) is 10.1. The van der Waals surface area contributed by atoms with Crippen molar-refractivity contribution in [2.45, 2.75) is 13.8 Å². The Hall–Kier alpha value is -3.15. The minimum atomic E-state index is -0.675. The van der Waals surface area contributed by atoms with Gasteiger partial charge in [0.05, 0.1) is 11.3 Å². The second kappa shape index (κ2) is 7.41. The maximum Gasteiger partial charge on any atom is 0.340 e. The summed E-state index contributed by atoms with van der Waals surface area (Å²) < 4.78 is 4.98. The number of rotatable bonds is 5. The number of carbonyl (C=O) groups is 3. The van der Waals surface area contributed by atoms with Crippen molar-refractivity contribution in [1.29, 1.82) is 0 Å². The molecule has 0 saturated heterocycles. The van der Waals surface area contributed by atoms with Crippen LogP contribution in [0.3, 0.4) is 0 Å². The van der Waals surface area contributed by atoms with E-state index in [1.165, 1.54) is 13.0 Å². The number of benzene rings is 2. The van der Waals surface area contributed by atoms with E-state index in [4.69, 9.17) is 10.5 Å². The third-order valence-electron chi connectivity index (χ3n) is 3.46. The fraction of sp³-hybridized carbons (Fsp3) is 0.167. The molecule has 0 atom stereocenters. The van der Waals surface area contributed by atoms with Gasteiger partial charge in [-0.15, -0.1) is 0 Å². The molecule has 0 aliphatic heterocycles. The van der Waals surface area contributed by atoms with Crippen molar-refractivity contribution in [1.82, 2.24) is 0 Å². The summed E-state index contributed by atoms with van der Waals surface area (Å²) >= 11 is 0. The van der Waals surface area contributed by atoms with E-state index in [2.05, 4.69) is 5.32 Å². The Morgan fingerprint density at radius 1 is 1.04 bits per heavy atom. The lowest BCUT2D eigenvalue weighted by atomic mass is 10.1. The van der Waals surface area contributed by atoms with Gasteiger partial charge in [-0.1, -0.05) is 24.3 Å². The highest BCUT2D eigenvalue weighted by atomic mass is 16.5.